The number of halogens is 1. The summed E-state index contributed by atoms with van der Waals surface area (Å²) in [6.45, 7) is 17.1. The Morgan fingerprint density at radius 2 is 1.86 bits per heavy atom. The Hall–Kier alpha value is -4.04. The van der Waals surface area contributed by atoms with Crippen LogP contribution in [0.2, 0.25) is 5.02 Å². The van der Waals surface area contributed by atoms with Gasteiger partial charge in [-0.25, -0.2) is 16.4 Å². The molecule has 0 spiro atoms. The number of methoxy groups -OCH3 is 1. The van der Waals surface area contributed by atoms with Crippen LogP contribution in [0.1, 0.15) is 24.0 Å². The molecular weight excluding hydrogens is 504 g/mol. The molecule has 0 radical (unpaired) electrons. The van der Waals surface area contributed by atoms with Gasteiger partial charge in [0.05, 0.1) is 30.9 Å². The maximum atomic E-state index is 13.7. The lowest BCUT2D eigenvalue weighted by molar-refractivity contribution is -0.113. The minimum absolute atomic E-state index is 0.363. The first-order valence-corrected chi connectivity index (χ1v) is 12.8. The van der Waals surface area contributed by atoms with Crippen molar-refractivity contribution in [2.24, 2.45) is 4.99 Å². The van der Waals surface area contributed by atoms with E-state index in [1.807, 2.05) is 48.5 Å². The lowest BCUT2D eigenvalue weighted by Gasteiger charge is -2.28. The van der Waals surface area contributed by atoms with E-state index in [1.54, 1.807) is 38.3 Å². The average molecular weight is 527 g/mol. The number of hydrogen-bond donors (Lipinski definition) is 1. The fraction of sp³-hybridized carbons (Fsp3) is 0.172. The number of carbonyl (C=O) groups is 1. The molecule has 3 aromatic rings. The van der Waals surface area contributed by atoms with Gasteiger partial charge in [-0.2, -0.15) is 0 Å². The molecule has 1 amide bonds. The number of thioether (sulfide) groups is 1. The number of hydrogen-bond acceptors (Lipinski definition) is 4. The third-order valence-electron chi connectivity index (χ3n) is 5.95. The van der Waals surface area contributed by atoms with Gasteiger partial charge in [0.15, 0.2) is 10.7 Å². The van der Waals surface area contributed by atoms with Gasteiger partial charge in [0, 0.05) is 16.5 Å². The highest BCUT2D eigenvalue weighted by atomic mass is 35.5. The van der Waals surface area contributed by atoms with E-state index in [1.165, 1.54) is 11.8 Å². The predicted octanol–water partition coefficient (Wildman–Crippen LogP) is 7.53. The molecule has 0 saturated heterocycles. The van der Waals surface area contributed by atoms with Crippen molar-refractivity contribution in [3.05, 3.63) is 123 Å². The van der Waals surface area contributed by atoms with E-state index >= 15 is 0 Å². The summed E-state index contributed by atoms with van der Waals surface area (Å²) < 4.78 is 5.39. The first-order chi connectivity index (χ1) is 18.0. The van der Waals surface area contributed by atoms with Crippen LogP contribution >= 0.6 is 23.4 Å². The lowest BCUT2D eigenvalue weighted by atomic mass is 9.82. The molecule has 1 aliphatic rings. The van der Waals surface area contributed by atoms with Crippen molar-refractivity contribution >= 4 is 45.7 Å². The summed E-state index contributed by atoms with van der Waals surface area (Å²) in [6, 6.07) is 21.1. The number of allylic oxidation sites excluding steroid dienone is 1. The predicted molar refractivity (Wildman–Crippen MR) is 150 cm³/mol. The third kappa shape index (κ3) is 5.70. The molecule has 0 bridgehead atoms. The molecule has 0 fully saturated rings. The Kier molecular flexibility index (Phi) is 8.30. The number of aliphatic imine (C=N–C) groups is 1. The maximum absolute atomic E-state index is 13.7. The van der Waals surface area contributed by atoms with Crippen LogP contribution < -0.4 is 10.1 Å². The van der Waals surface area contributed by atoms with Crippen LogP contribution in [0.3, 0.4) is 0 Å². The summed E-state index contributed by atoms with van der Waals surface area (Å²) in [4.78, 5) is 25.8. The number of ether oxygens (including phenoxy) is 1. The minimum atomic E-state index is -0.740. The molecule has 0 aliphatic carbocycles. The molecule has 1 N–H and O–H groups in total. The molecule has 0 aromatic heterocycles. The zero-order chi connectivity index (χ0) is 26.4. The highest BCUT2D eigenvalue weighted by Crippen LogP contribution is 2.42. The van der Waals surface area contributed by atoms with Crippen LogP contribution in [0.5, 0.6) is 5.75 Å². The van der Waals surface area contributed by atoms with Crippen LogP contribution in [0.4, 0.5) is 11.4 Å². The molecule has 6 nitrogen and oxygen atoms in total. The summed E-state index contributed by atoms with van der Waals surface area (Å²) in [5.41, 5.74) is 3.65. The number of nitrogens with zero attached hydrogens (tertiary/aromatic N) is 3. The van der Waals surface area contributed by atoms with Crippen molar-refractivity contribution in [1.29, 1.82) is 0 Å². The number of carbonyl (C=O) groups excluding carboxylic acids is 1. The van der Waals surface area contributed by atoms with Gasteiger partial charge in [-0.15, -0.1) is 0 Å². The number of amides is 1. The van der Waals surface area contributed by atoms with Crippen molar-refractivity contribution < 1.29 is 9.53 Å². The monoisotopic (exact) mass is 526 g/mol. The third-order valence-corrected chi connectivity index (χ3v) is 7.40. The highest BCUT2D eigenvalue weighted by molar-refractivity contribution is 8.13. The van der Waals surface area contributed by atoms with Gasteiger partial charge in [-0.3, -0.25) is 4.79 Å². The molecular formula is C29H23ClN4O2S. The van der Waals surface area contributed by atoms with E-state index in [2.05, 4.69) is 15.0 Å². The molecule has 4 rings (SSSR count). The molecule has 0 saturated carbocycles. The Labute approximate surface area is 225 Å². The van der Waals surface area contributed by atoms with Gasteiger partial charge < -0.3 is 14.9 Å². The van der Waals surface area contributed by atoms with E-state index < -0.39 is 12.0 Å². The average Bonchev–Trinajstić information content (AvgIpc) is 2.92. The van der Waals surface area contributed by atoms with Crippen LogP contribution in [-0.4, -0.2) is 24.1 Å². The number of anilines is 1. The molecule has 2 unspecified atom stereocenters. The van der Waals surface area contributed by atoms with Gasteiger partial charge in [-0.05, 0) is 36.2 Å². The standard InChI is InChI=1S/C29H23ClN4O2S/c1-18-25(28(35)34-23-14-7-8-15-24(23)36-4)26(21-12-5-6-13-22(21)30)27(32-3)29(33-18)37-17-19-10-9-11-20(16-19)31-2/h5-16,26-27H,17H2,1,4H3,(H,34,35). The number of para-hydroxylation sites is 2. The van der Waals surface area contributed by atoms with Gasteiger partial charge >= 0.3 is 0 Å². The van der Waals surface area contributed by atoms with Crippen LogP contribution in [0.15, 0.2) is 89.1 Å². The Bertz CT molecular complexity index is 1490. The smallest absolute Gasteiger partial charge is 0.282 e. The minimum Gasteiger partial charge on any atom is -0.495 e. The summed E-state index contributed by atoms with van der Waals surface area (Å²) in [5, 5.41) is 4.03. The van der Waals surface area contributed by atoms with E-state index in [0.29, 0.717) is 49.8 Å². The fourth-order valence-electron chi connectivity index (χ4n) is 4.23. The molecule has 37 heavy (non-hydrogen) atoms. The van der Waals surface area contributed by atoms with E-state index in [9.17, 15) is 4.79 Å². The first kappa shape index (κ1) is 26.0. The lowest BCUT2D eigenvalue weighted by Crippen LogP contribution is -2.34. The zero-order valence-corrected chi connectivity index (χ0v) is 21.8. The van der Waals surface area contributed by atoms with Crippen molar-refractivity contribution in [1.82, 2.24) is 0 Å². The van der Waals surface area contributed by atoms with Crippen LogP contribution in [0.25, 0.3) is 9.69 Å². The maximum Gasteiger partial charge on any atom is 0.282 e. The van der Waals surface area contributed by atoms with E-state index in [4.69, 9.17) is 34.5 Å². The van der Waals surface area contributed by atoms with Gasteiger partial charge in [0.2, 0.25) is 0 Å². The summed E-state index contributed by atoms with van der Waals surface area (Å²) in [7, 11) is 1.54. The van der Waals surface area contributed by atoms with Crippen molar-refractivity contribution in [2.75, 3.05) is 12.4 Å². The second kappa shape index (κ2) is 11.8. The molecule has 1 aliphatic heterocycles. The Balaban J connectivity index is 1.75. The zero-order valence-electron chi connectivity index (χ0n) is 20.2. The summed E-state index contributed by atoms with van der Waals surface area (Å²) in [6.07, 6.45) is 0. The number of benzene rings is 3. The SMILES string of the molecule is [C-]#[N+]c1cccc(CSC2=NC(C)=C(C(=O)Nc3ccccc3OC)C(c3ccccc3Cl)C2[N+]#[C-])c1. The quantitative estimate of drug-likeness (QED) is 0.338. The van der Waals surface area contributed by atoms with Gasteiger partial charge in [-0.1, -0.05) is 78.0 Å². The van der Waals surface area contributed by atoms with Crippen molar-refractivity contribution in [2.45, 2.75) is 24.6 Å². The Morgan fingerprint density at radius 1 is 1.11 bits per heavy atom. The van der Waals surface area contributed by atoms with E-state index in [0.717, 1.165) is 5.56 Å². The molecule has 184 valence electrons. The highest BCUT2D eigenvalue weighted by Gasteiger charge is 2.43. The second-order valence-corrected chi connectivity index (χ2v) is 9.65. The second-order valence-electron chi connectivity index (χ2n) is 8.25. The van der Waals surface area contributed by atoms with Crippen molar-refractivity contribution in [3.8, 4) is 5.75 Å². The van der Waals surface area contributed by atoms with Crippen LogP contribution in [-0.2, 0) is 10.5 Å². The van der Waals surface area contributed by atoms with Gasteiger partial charge in [0.25, 0.3) is 11.9 Å². The molecule has 1 heterocycles. The topological polar surface area (TPSA) is 59.4 Å². The number of rotatable bonds is 6. The summed E-state index contributed by atoms with van der Waals surface area (Å²) in [5.74, 6) is 0.0929. The fourth-order valence-corrected chi connectivity index (χ4v) is 5.54. The molecule has 2 atom stereocenters. The van der Waals surface area contributed by atoms with Gasteiger partial charge in [0.1, 0.15) is 5.75 Å². The van der Waals surface area contributed by atoms with Crippen molar-refractivity contribution in [3.63, 3.8) is 0 Å². The number of nitrogens with one attached hydrogen (secondary N) is 1. The van der Waals surface area contributed by atoms with E-state index in [-0.39, 0.29) is 5.91 Å². The molecule has 3 aromatic carbocycles. The summed E-state index contributed by atoms with van der Waals surface area (Å²) >= 11 is 8.05. The normalized spacial score (nSPS) is 16.8. The largest absolute Gasteiger partial charge is 0.495 e. The van der Waals surface area contributed by atoms with Crippen LogP contribution in [0, 0.1) is 13.1 Å². The first-order valence-electron chi connectivity index (χ1n) is 11.4. The Morgan fingerprint density at radius 3 is 2.59 bits per heavy atom. The molecule has 8 heteroatoms.